The third kappa shape index (κ3) is 3.00. The molecule has 136 valence electrons. The van der Waals surface area contributed by atoms with Crippen LogP contribution in [0.1, 0.15) is 18.6 Å². The minimum absolute atomic E-state index is 0.108. The second-order valence-electron chi connectivity index (χ2n) is 6.69. The normalized spacial score (nSPS) is 18.5. The molecule has 0 unspecified atom stereocenters. The van der Waals surface area contributed by atoms with Gasteiger partial charge in [0, 0.05) is 44.6 Å². The molecule has 26 heavy (non-hydrogen) atoms. The van der Waals surface area contributed by atoms with Crippen molar-refractivity contribution in [2.24, 2.45) is 5.41 Å². The molecular formula is C17H20N6O3. The van der Waals surface area contributed by atoms with Crippen molar-refractivity contribution >= 4 is 23.6 Å². The summed E-state index contributed by atoms with van der Waals surface area (Å²) in [7, 11) is 0. The summed E-state index contributed by atoms with van der Waals surface area (Å²) in [5.41, 5.74) is -0.960. The van der Waals surface area contributed by atoms with E-state index in [9.17, 15) is 9.59 Å². The Morgan fingerprint density at radius 3 is 2.42 bits per heavy atom. The fourth-order valence-corrected chi connectivity index (χ4v) is 3.19. The molecule has 1 aliphatic heterocycles. The van der Waals surface area contributed by atoms with Gasteiger partial charge in [-0.15, -0.1) is 0 Å². The monoisotopic (exact) mass is 356 g/mol. The van der Waals surface area contributed by atoms with Gasteiger partial charge in [-0.1, -0.05) is 5.16 Å². The van der Waals surface area contributed by atoms with E-state index >= 15 is 0 Å². The van der Waals surface area contributed by atoms with Crippen LogP contribution in [0.2, 0.25) is 0 Å². The van der Waals surface area contributed by atoms with Gasteiger partial charge in [-0.25, -0.2) is 9.97 Å². The van der Waals surface area contributed by atoms with Gasteiger partial charge < -0.3 is 19.6 Å². The molecule has 2 aromatic rings. The maximum atomic E-state index is 12.9. The number of amides is 2. The lowest BCUT2D eigenvalue weighted by atomic mass is 10.0. The van der Waals surface area contributed by atoms with Crippen LogP contribution in [0.25, 0.3) is 0 Å². The van der Waals surface area contributed by atoms with Gasteiger partial charge in [0.1, 0.15) is 11.2 Å². The first-order valence-corrected chi connectivity index (χ1v) is 8.65. The van der Waals surface area contributed by atoms with Gasteiger partial charge in [0.2, 0.25) is 17.8 Å². The van der Waals surface area contributed by atoms with Crippen LogP contribution in [0, 0.1) is 12.3 Å². The lowest BCUT2D eigenvalue weighted by molar-refractivity contribution is -0.142. The van der Waals surface area contributed by atoms with Crippen LogP contribution in [0.4, 0.5) is 11.8 Å². The average Bonchev–Trinajstić information content (AvgIpc) is 3.39. The van der Waals surface area contributed by atoms with E-state index in [1.807, 2.05) is 4.90 Å². The fraction of sp³-hybridized carbons (Fsp3) is 0.471. The van der Waals surface area contributed by atoms with E-state index in [1.54, 1.807) is 36.4 Å². The second kappa shape index (κ2) is 6.40. The van der Waals surface area contributed by atoms with Crippen LogP contribution in [0.15, 0.2) is 29.0 Å². The number of rotatable bonds is 4. The third-order valence-electron chi connectivity index (χ3n) is 4.87. The largest absolute Gasteiger partial charge is 0.360 e. The molecule has 9 heteroatoms. The summed E-state index contributed by atoms with van der Waals surface area (Å²) in [4.78, 5) is 37.8. The quantitative estimate of drug-likeness (QED) is 0.810. The highest BCUT2D eigenvalue weighted by Crippen LogP contribution is 2.48. The number of anilines is 2. The molecular weight excluding hydrogens is 336 g/mol. The molecule has 3 heterocycles. The molecule has 1 N–H and O–H groups in total. The molecule has 0 bridgehead atoms. The van der Waals surface area contributed by atoms with Gasteiger partial charge >= 0.3 is 0 Å². The van der Waals surface area contributed by atoms with Gasteiger partial charge in [0.05, 0.1) is 0 Å². The number of carbonyl (C=O) groups excluding carboxylic acids is 2. The van der Waals surface area contributed by atoms with E-state index in [0.717, 1.165) is 0 Å². The standard InChI is InChI=1S/C17H20N6O3/c1-12-11-13(21-26-12)20-14(24)17(3-4-17)15(25)22-7-9-23(10-8-22)16-18-5-2-6-19-16/h2,5-6,11H,3-4,7-10H2,1H3,(H,20,21,24). The lowest BCUT2D eigenvalue weighted by Gasteiger charge is -2.36. The van der Waals surface area contributed by atoms with Crippen LogP contribution in [-0.2, 0) is 9.59 Å². The molecule has 0 spiro atoms. The minimum Gasteiger partial charge on any atom is -0.360 e. The Morgan fingerprint density at radius 1 is 1.15 bits per heavy atom. The summed E-state index contributed by atoms with van der Waals surface area (Å²) >= 11 is 0. The highest BCUT2D eigenvalue weighted by molar-refractivity contribution is 6.12. The van der Waals surface area contributed by atoms with E-state index in [1.165, 1.54) is 0 Å². The minimum atomic E-state index is -0.960. The summed E-state index contributed by atoms with van der Waals surface area (Å²) in [5, 5.41) is 6.46. The van der Waals surface area contributed by atoms with Gasteiger partial charge in [-0.3, -0.25) is 9.59 Å². The first kappa shape index (κ1) is 16.5. The van der Waals surface area contributed by atoms with Crippen LogP contribution < -0.4 is 10.2 Å². The van der Waals surface area contributed by atoms with Crippen molar-refractivity contribution in [1.82, 2.24) is 20.0 Å². The second-order valence-corrected chi connectivity index (χ2v) is 6.69. The molecule has 1 aliphatic carbocycles. The molecule has 0 aromatic carbocycles. The number of nitrogens with one attached hydrogen (secondary N) is 1. The van der Waals surface area contributed by atoms with Crippen molar-refractivity contribution in [1.29, 1.82) is 0 Å². The Balaban J connectivity index is 1.38. The SMILES string of the molecule is Cc1cc(NC(=O)C2(C(=O)N3CCN(c4ncccn4)CC3)CC2)no1. The zero-order valence-electron chi connectivity index (χ0n) is 14.5. The number of carbonyl (C=O) groups is 2. The van der Waals surface area contributed by atoms with Gasteiger partial charge in [-0.05, 0) is 25.8 Å². The highest BCUT2D eigenvalue weighted by atomic mass is 16.5. The Kier molecular flexibility index (Phi) is 4.06. The Labute approximate surface area is 150 Å². The number of nitrogens with zero attached hydrogens (tertiary/aromatic N) is 5. The van der Waals surface area contributed by atoms with Crippen molar-refractivity contribution in [3.05, 3.63) is 30.3 Å². The molecule has 4 rings (SSSR count). The van der Waals surface area contributed by atoms with E-state index in [2.05, 4.69) is 20.4 Å². The van der Waals surface area contributed by atoms with Crippen molar-refractivity contribution in [2.45, 2.75) is 19.8 Å². The number of hydrogen-bond acceptors (Lipinski definition) is 7. The molecule has 1 saturated heterocycles. The third-order valence-corrected chi connectivity index (χ3v) is 4.87. The van der Waals surface area contributed by atoms with Gasteiger partial charge in [0.25, 0.3) is 0 Å². The first-order chi connectivity index (χ1) is 12.6. The molecule has 2 aliphatic rings. The number of piperazine rings is 1. The van der Waals surface area contributed by atoms with Crippen molar-refractivity contribution in [2.75, 3.05) is 36.4 Å². The lowest BCUT2D eigenvalue weighted by Crippen LogP contribution is -2.53. The Bertz CT molecular complexity index is 809. The number of aromatic nitrogens is 3. The maximum Gasteiger partial charge on any atom is 0.241 e. The van der Waals surface area contributed by atoms with Crippen molar-refractivity contribution in [3.63, 3.8) is 0 Å². The van der Waals surface area contributed by atoms with E-state index < -0.39 is 5.41 Å². The van der Waals surface area contributed by atoms with Gasteiger partial charge in [-0.2, -0.15) is 0 Å². The molecule has 2 aromatic heterocycles. The van der Waals surface area contributed by atoms with E-state index in [0.29, 0.717) is 56.5 Å². The topological polar surface area (TPSA) is 104 Å². The predicted molar refractivity (Wildman–Crippen MR) is 92.4 cm³/mol. The molecule has 9 nitrogen and oxygen atoms in total. The smallest absolute Gasteiger partial charge is 0.241 e. The van der Waals surface area contributed by atoms with Crippen molar-refractivity contribution in [3.8, 4) is 0 Å². The van der Waals surface area contributed by atoms with Crippen LogP contribution in [0.3, 0.4) is 0 Å². The predicted octanol–water partition coefficient (Wildman–Crippen LogP) is 0.841. The summed E-state index contributed by atoms with van der Waals surface area (Å²) in [6.07, 6.45) is 4.54. The maximum absolute atomic E-state index is 12.9. The van der Waals surface area contributed by atoms with Gasteiger partial charge in [0.15, 0.2) is 5.82 Å². The Morgan fingerprint density at radius 2 is 1.85 bits per heavy atom. The highest BCUT2D eigenvalue weighted by Gasteiger charge is 2.58. The van der Waals surface area contributed by atoms with E-state index in [-0.39, 0.29) is 11.8 Å². The zero-order chi connectivity index (χ0) is 18.1. The summed E-state index contributed by atoms with van der Waals surface area (Å²) in [5.74, 6) is 1.21. The molecule has 1 saturated carbocycles. The number of hydrogen-bond donors (Lipinski definition) is 1. The molecule has 2 amide bonds. The fourth-order valence-electron chi connectivity index (χ4n) is 3.19. The molecule has 0 radical (unpaired) electrons. The average molecular weight is 356 g/mol. The number of aryl methyl sites for hydroxylation is 1. The van der Waals surface area contributed by atoms with Crippen molar-refractivity contribution < 1.29 is 14.1 Å². The van der Waals surface area contributed by atoms with Crippen LogP contribution in [-0.4, -0.2) is 58.0 Å². The zero-order valence-corrected chi connectivity index (χ0v) is 14.5. The van der Waals surface area contributed by atoms with Crippen LogP contribution in [0.5, 0.6) is 0 Å². The van der Waals surface area contributed by atoms with Crippen LogP contribution >= 0.6 is 0 Å². The molecule has 2 fully saturated rings. The Hall–Kier alpha value is -2.97. The molecule has 0 atom stereocenters. The van der Waals surface area contributed by atoms with E-state index in [4.69, 9.17) is 4.52 Å². The summed E-state index contributed by atoms with van der Waals surface area (Å²) in [6.45, 7) is 4.15. The summed E-state index contributed by atoms with van der Waals surface area (Å²) in [6, 6.07) is 3.41. The summed E-state index contributed by atoms with van der Waals surface area (Å²) < 4.78 is 4.95. The first-order valence-electron chi connectivity index (χ1n) is 8.65.